The topological polar surface area (TPSA) is 54.3 Å². The Morgan fingerprint density at radius 3 is 2.56 bits per heavy atom. The van der Waals surface area contributed by atoms with Crippen LogP contribution < -0.4 is 10.6 Å². The van der Waals surface area contributed by atoms with Gasteiger partial charge in [0.1, 0.15) is 5.76 Å². The average molecular weight is 252 g/mol. The van der Waals surface area contributed by atoms with E-state index in [4.69, 9.17) is 4.42 Å². The molecule has 1 heterocycles. The van der Waals surface area contributed by atoms with Crippen LogP contribution in [0.25, 0.3) is 0 Å². The van der Waals surface area contributed by atoms with Crippen molar-refractivity contribution in [3.8, 4) is 0 Å². The third-order valence-electron chi connectivity index (χ3n) is 2.64. The zero-order valence-electron chi connectivity index (χ0n) is 11.9. The molecule has 0 fully saturated rings. The highest BCUT2D eigenvalue weighted by Gasteiger charge is 2.22. The highest BCUT2D eigenvalue weighted by molar-refractivity contribution is 5.81. The van der Waals surface area contributed by atoms with Crippen LogP contribution in [0.2, 0.25) is 0 Å². The van der Waals surface area contributed by atoms with E-state index < -0.39 is 0 Å². The summed E-state index contributed by atoms with van der Waals surface area (Å²) in [5.41, 5.74) is -0.209. The Morgan fingerprint density at radius 2 is 2.11 bits per heavy atom. The highest BCUT2D eigenvalue weighted by atomic mass is 16.3. The first kappa shape index (κ1) is 14.8. The van der Waals surface area contributed by atoms with E-state index in [0.717, 1.165) is 12.2 Å². The molecule has 0 aliphatic rings. The maximum absolute atomic E-state index is 12.0. The summed E-state index contributed by atoms with van der Waals surface area (Å²) < 4.78 is 5.37. The van der Waals surface area contributed by atoms with Crippen LogP contribution in [0.15, 0.2) is 22.8 Å². The Bertz CT molecular complexity index is 366. The van der Waals surface area contributed by atoms with Crippen LogP contribution in [0.5, 0.6) is 0 Å². The second kappa shape index (κ2) is 6.05. The lowest BCUT2D eigenvalue weighted by atomic mass is 10.1. The maximum atomic E-state index is 12.0. The molecule has 4 heteroatoms. The molecule has 1 aromatic rings. The quantitative estimate of drug-likeness (QED) is 0.847. The molecule has 0 aromatic carbocycles. The molecular weight excluding hydrogens is 228 g/mol. The number of carbonyl (C=O) groups is 1. The van der Waals surface area contributed by atoms with Crippen LogP contribution in [0.3, 0.4) is 0 Å². The first-order chi connectivity index (χ1) is 8.33. The Labute approximate surface area is 109 Å². The highest BCUT2D eigenvalue weighted by Crippen LogP contribution is 2.17. The van der Waals surface area contributed by atoms with Crippen LogP contribution in [-0.2, 0) is 4.79 Å². The molecule has 1 amide bonds. The Balaban J connectivity index is 2.57. The molecule has 0 saturated heterocycles. The third kappa shape index (κ3) is 4.53. The number of amides is 1. The fourth-order valence-electron chi connectivity index (χ4n) is 1.75. The van der Waals surface area contributed by atoms with Crippen molar-refractivity contribution in [2.45, 2.75) is 58.7 Å². The van der Waals surface area contributed by atoms with E-state index in [1.54, 1.807) is 6.26 Å². The van der Waals surface area contributed by atoms with Gasteiger partial charge in [0.25, 0.3) is 0 Å². The third-order valence-corrected chi connectivity index (χ3v) is 2.64. The van der Waals surface area contributed by atoms with Gasteiger partial charge in [-0.3, -0.25) is 10.1 Å². The number of hydrogen-bond acceptors (Lipinski definition) is 3. The first-order valence-electron chi connectivity index (χ1n) is 6.45. The molecule has 1 aromatic heterocycles. The summed E-state index contributed by atoms with van der Waals surface area (Å²) in [6.07, 6.45) is 2.53. The fraction of sp³-hybridized carbons (Fsp3) is 0.643. The van der Waals surface area contributed by atoms with E-state index >= 15 is 0 Å². The lowest BCUT2D eigenvalue weighted by Crippen LogP contribution is -2.50. The standard InChI is InChI=1S/C14H24N2O2/c1-6-11(12-8-7-9-18-12)15-10(2)13(17)16-14(3,4)5/h7-11,15H,6H2,1-5H3,(H,16,17). The van der Waals surface area contributed by atoms with Gasteiger partial charge in [-0.2, -0.15) is 0 Å². The van der Waals surface area contributed by atoms with E-state index in [0.29, 0.717) is 0 Å². The number of carbonyl (C=O) groups excluding carboxylic acids is 1. The summed E-state index contributed by atoms with van der Waals surface area (Å²) >= 11 is 0. The van der Waals surface area contributed by atoms with Gasteiger partial charge < -0.3 is 9.73 Å². The van der Waals surface area contributed by atoms with Gasteiger partial charge in [-0.15, -0.1) is 0 Å². The summed E-state index contributed by atoms with van der Waals surface area (Å²) in [4.78, 5) is 12.0. The van der Waals surface area contributed by atoms with Crippen LogP contribution in [0, 0.1) is 0 Å². The summed E-state index contributed by atoms with van der Waals surface area (Å²) in [7, 11) is 0. The van der Waals surface area contributed by atoms with E-state index in [-0.39, 0.29) is 23.5 Å². The van der Waals surface area contributed by atoms with Gasteiger partial charge in [0.15, 0.2) is 0 Å². The van der Waals surface area contributed by atoms with Crippen molar-refractivity contribution in [1.29, 1.82) is 0 Å². The molecule has 4 nitrogen and oxygen atoms in total. The lowest BCUT2D eigenvalue weighted by molar-refractivity contribution is -0.124. The molecular formula is C14H24N2O2. The van der Waals surface area contributed by atoms with Crippen LogP contribution in [0.1, 0.15) is 52.8 Å². The van der Waals surface area contributed by atoms with Gasteiger partial charge in [0.05, 0.1) is 18.3 Å². The molecule has 18 heavy (non-hydrogen) atoms. The number of nitrogens with one attached hydrogen (secondary N) is 2. The number of hydrogen-bond donors (Lipinski definition) is 2. The van der Waals surface area contributed by atoms with E-state index in [2.05, 4.69) is 17.6 Å². The van der Waals surface area contributed by atoms with Crippen LogP contribution in [0.4, 0.5) is 0 Å². The summed E-state index contributed by atoms with van der Waals surface area (Å²) in [6.45, 7) is 9.85. The lowest BCUT2D eigenvalue weighted by Gasteiger charge is -2.25. The first-order valence-corrected chi connectivity index (χ1v) is 6.45. The predicted octanol–water partition coefficient (Wildman–Crippen LogP) is 2.62. The minimum Gasteiger partial charge on any atom is -0.468 e. The van der Waals surface area contributed by atoms with E-state index in [1.165, 1.54) is 0 Å². The Hall–Kier alpha value is -1.29. The fourth-order valence-corrected chi connectivity index (χ4v) is 1.75. The summed E-state index contributed by atoms with van der Waals surface area (Å²) in [5, 5.41) is 6.25. The zero-order chi connectivity index (χ0) is 13.8. The summed E-state index contributed by atoms with van der Waals surface area (Å²) in [6, 6.07) is 3.61. The second-order valence-corrected chi connectivity index (χ2v) is 5.60. The Kier molecular flexibility index (Phi) is 4.96. The van der Waals surface area contributed by atoms with Gasteiger partial charge >= 0.3 is 0 Å². The van der Waals surface area contributed by atoms with Crippen molar-refractivity contribution in [3.63, 3.8) is 0 Å². The maximum Gasteiger partial charge on any atom is 0.237 e. The minimum absolute atomic E-state index is 0.00695. The molecule has 2 N–H and O–H groups in total. The molecule has 1 rings (SSSR count). The van der Waals surface area contributed by atoms with Gasteiger partial charge in [0, 0.05) is 5.54 Å². The summed E-state index contributed by atoms with van der Waals surface area (Å²) in [5.74, 6) is 0.875. The molecule has 102 valence electrons. The second-order valence-electron chi connectivity index (χ2n) is 5.60. The van der Waals surface area contributed by atoms with Gasteiger partial charge in [-0.1, -0.05) is 6.92 Å². The molecule has 0 saturated carbocycles. The van der Waals surface area contributed by atoms with Crippen molar-refractivity contribution >= 4 is 5.91 Å². The van der Waals surface area contributed by atoms with Crippen molar-refractivity contribution in [3.05, 3.63) is 24.2 Å². The van der Waals surface area contributed by atoms with Crippen LogP contribution >= 0.6 is 0 Å². The predicted molar refractivity (Wildman–Crippen MR) is 72.2 cm³/mol. The van der Waals surface area contributed by atoms with Gasteiger partial charge in [-0.05, 0) is 46.2 Å². The SMILES string of the molecule is CCC(NC(C)C(=O)NC(C)(C)C)c1ccco1. The monoisotopic (exact) mass is 252 g/mol. The smallest absolute Gasteiger partial charge is 0.237 e. The van der Waals surface area contributed by atoms with Gasteiger partial charge in [0.2, 0.25) is 5.91 Å². The largest absolute Gasteiger partial charge is 0.468 e. The molecule has 0 radical (unpaired) electrons. The Morgan fingerprint density at radius 1 is 1.44 bits per heavy atom. The molecule has 2 atom stereocenters. The van der Waals surface area contributed by atoms with Crippen molar-refractivity contribution in [2.75, 3.05) is 0 Å². The number of rotatable bonds is 5. The van der Waals surface area contributed by atoms with Crippen LogP contribution in [-0.4, -0.2) is 17.5 Å². The molecule has 0 bridgehead atoms. The molecule has 2 unspecified atom stereocenters. The zero-order valence-corrected chi connectivity index (χ0v) is 11.9. The molecule has 0 spiro atoms. The molecule has 0 aliphatic carbocycles. The van der Waals surface area contributed by atoms with E-state index in [1.807, 2.05) is 39.8 Å². The molecule has 0 aliphatic heterocycles. The van der Waals surface area contributed by atoms with Crippen molar-refractivity contribution in [1.82, 2.24) is 10.6 Å². The van der Waals surface area contributed by atoms with Crippen molar-refractivity contribution in [2.24, 2.45) is 0 Å². The van der Waals surface area contributed by atoms with E-state index in [9.17, 15) is 4.79 Å². The minimum atomic E-state index is -0.251. The van der Waals surface area contributed by atoms with Gasteiger partial charge in [-0.25, -0.2) is 0 Å². The van der Waals surface area contributed by atoms with Crippen molar-refractivity contribution < 1.29 is 9.21 Å². The average Bonchev–Trinajstić information content (AvgIpc) is 2.76. The normalized spacial score (nSPS) is 15.2. The number of furan rings is 1.